The van der Waals surface area contributed by atoms with Crippen LogP contribution in [-0.4, -0.2) is 0 Å². The summed E-state index contributed by atoms with van der Waals surface area (Å²) in [6.45, 7) is 0. The molecule has 0 fully saturated rings. The third-order valence-electron chi connectivity index (χ3n) is 5.50. The van der Waals surface area contributed by atoms with Gasteiger partial charge in [0.2, 0.25) is 0 Å². The Bertz CT molecular complexity index is 1120. The molecular weight excluding hydrogens is 352 g/mol. The SMILES string of the molecule is N#CC(c1ccccc1)C(c1cccc2ccccc12)C(C#N)c1ccccc1. The number of benzene rings is 4. The number of rotatable bonds is 5. The molecule has 4 rings (SSSR count). The van der Waals surface area contributed by atoms with Crippen LogP contribution >= 0.6 is 0 Å². The molecule has 2 nitrogen and oxygen atoms in total. The molecule has 0 saturated carbocycles. The van der Waals surface area contributed by atoms with Crippen molar-refractivity contribution in [1.29, 1.82) is 10.5 Å². The zero-order valence-electron chi connectivity index (χ0n) is 15.9. The molecule has 29 heavy (non-hydrogen) atoms. The summed E-state index contributed by atoms with van der Waals surface area (Å²) < 4.78 is 0. The van der Waals surface area contributed by atoms with Crippen molar-refractivity contribution in [2.75, 3.05) is 0 Å². The highest BCUT2D eigenvalue weighted by Crippen LogP contribution is 2.45. The largest absolute Gasteiger partial charge is 0.198 e. The third kappa shape index (κ3) is 3.62. The van der Waals surface area contributed by atoms with Crippen LogP contribution in [-0.2, 0) is 0 Å². The molecule has 0 aromatic heterocycles. The third-order valence-corrected chi connectivity index (χ3v) is 5.50. The van der Waals surface area contributed by atoms with Crippen molar-refractivity contribution >= 4 is 10.8 Å². The normalized spacial score (nSPS) is 13.7. The van der Waals surface area contributed by atoms with E-state index in [1.807, 2.05) is 78.9 Å². The quantitative estimate of drug-likeness (QED) is 0.399. The van der Waals surface area contributed by atoms with Crippen LogP contribution in [0.4, 0.5) is 0 Å². The van der Waals surface area contributed by atoms with Crippen molar-refractivity contribution in [3.8, 4) is 12.1 Å². The maximum absolute atomic E-state index is 10.2. The second-order valence-electron chi connectivity index (χ2n) is 7.13. The van der Waals surface area contributed by atoms with Crippen LogP contribution in [0.2, 0.25) is 0 Å². The van der Waals surface area contributed by atoms with Crippen molar-refractivity contribution in [2.45, 2.75) is 17.8 Å². The smallest absolute Gasteiger partial charge is 0.0797 e. The van der Waals surface area contributed by atoms with E-state index in [0.29, 0.717) is 0 Å². The lowest BCUT2D eigenvalue weighted by atomic mass is 9.71. The second-order valence-corrected chi connectivity index (χ2v) is 7.13. The first-order valence-electron chi connectivity index (χ1n) is 9.70. The Morgan fingerprint density at radius 3 is 1.55 bits per heavy atom. The molecule has 2 atom stereocenters. The molecule has 0 aliphatic carbocycles. The van der Waals surface area contributed by atoms with Crippen LogP contribution in [0.1, 0.15) is 34.4 Å². The molecule has 4 aromatic carbocycles. The van der Waals surface area contributed by atoms with E-state index in [4.69, 9.17) is 0 Å². The van der Waals surface area contributed by atoms with Gasteiger partial charge in [0, 0.05) is 5.92 Å². The summed E-state index contributed by atoms with van der Waals surface area (Å²) in [5, 5.41) is 22.6. The maximum Gasteiger partial charge on any atom is 0.0797 e. The van der Waals surface area contributed by atoms with Crippen LogP contribution in [0.15, 0.2) is 103 Å². The molecule has 2 heteroatoms. The first kappa shape index (κ1) is 18.5. The molecule has 0 spiro atoms. The van der Waals surface area contributed by atoms with Gasteiger partial charge in [-0.25, -0.2) is 0 Å². The Morgan fingerprint density at radius 2 is 1.00 bits per heavy atom. The summed E-state index contributed by atoms with van der Waals surface area (Å²) in [4.78, 5) is 0. The number of fused-ring (bicyclic) bond motifs is 1. The van der Waals surface area contributed by atoms with Gasteiger partial charge in [0.15, 0.2) is 0 Å². The molecule has 0 aliphatic heterocycles. The predicted octanol–water partition coefficient (Wildman–Crippen LogP) is 6.54. The summed E-state index contributed by atoms with van der Waals surface area (Å²) >= 11 is 0. The highest BCUT2D eigenvalue weighted by Gasteiger charge is 2.34. The minimum atomic E-state index is -0.438. The van der Waals surface area contributed by atoms with Crippen molar-refractivity contribution in [2.24, 2.45) is 0 Å². The molecule has 2 unspecified atom stereocenters. The van der Waals surface area contributed by atoms with E-state index in [-0.39, 0.29) is 5.92 Å². The lowest BCUT2D eigenvalue weighted by Gasteiger charge is -2.28. The van der Waals surface area contributed by atoms with Gasteiger partial charge in [0.1, 0.15) is 0 Å². The van der Waals surface area contributed by atoms with Crippen molar-refractivity contribution in [1.82, 2.24) is 0 Å². The number of nitriles is 2. The summed E-state index contributed by atoms with van der Waals surface area (Å²) in [7, 11) is 0. The first-order chi connectivity index (χ1) is 14.3. The maximum atomic E-state index is 10.2. The van der Waals surface area contributed by atoms with E-state index in [1.165, 1.54) is 0 Å². The van der Waals surface area contributed by atoms with Gasteiger partial charge < -0.3 is 0 Å². The van der Waals surface area contributed by atoms with Crippen LogP contribution in [0.5, 0.6) is 0 Å². The Morgan fingerprint density at radius 1 is 0.517 bits per heavy atom. The van der Waals surface area contributed by atoms with E-state index in [1.54, 1.807) is 0 Å². The molecule has 0 saturated heterocycles. The molecule has 0 aliphatic rings. The van der Waals surface area contributed by atoms with E-state index >= 15 is 0 Å². The van der Waals surface area contributed by atoms with E-state index in [9.17, 15) is 10.5 Å². The van der Waals surface area contributed by atoms with Crippen molar-refractivity contribution < 1.29 is 0 Å². The van der Waals surface area contributed by atoms with Gasteiger partial charge in [-0.1, -0.05) is 103 Å². The summed E-state index contributed by atoms with van der Waals surface area (Å²) in [5.74, 6) is -1.17. The zero-order chi connectivity index (χ0) is 20.1. The first-order valence-corrected chi connectivity index (χ1v) is 9.70. The summed E-state index contributed by atoms with van der Waals surface area (Å²) in [5.41, 5.74) is 2.90. The zero-order valence-corrected chi connectivity index (χ0v) is 15.9. The fourth-order valence-electron chi connectivity index (χ4n) is 4.14. The lowest BCUT2D eigenvalue weighted by molar-refractivity contribution is 0.581. The van der Waals surface area contributed by atoms with Crippen LogP contribution < -0.4 is 0 Å². The van der Waals surface area contributed by atoms with Gasteiger partial charge in [0.05, 0.1) is 24.0 Å². The monoisotopic (exact) mass is 372 g/mol. The highest BCUT2D eigenvalue weighted by atomic mass is 14.4. The van der Waals surface area contributed by atoms with Crippen LogP contribution in [0, 0.1) is 22.7 Å². The van der Waals surface area contributed by atoms with Gasteiger partial charge in [-0.2, -0.15) is 10.5 Å². The molecular formula is C27H20N2. The minimum Gasteiger partial charge on any atom is -0.198 e. The summed E-state index contributed by atoms with van der Waals surface area (Å²) in [6.07, 6.45) is 0. The lowest BCUT2D eigenvalue weighted by Crippen LogP contribution is -2.18. The topological polar surface area (TPSA) is 47.6 Å². The number of nitrogens with zero attached hydrogens (tertiary/aromatic N) is 2. The Hall–Kier alpha value is -3.88. The van der Waals surface area contributed by atoms with Crippen molar-refractivity contribution in [3.63, 3.8) is 0 Å². The van der Waals surface area contributed by atoms with Gasteiger partial charge in [-0.15, -0.1) is 0 Å². The van der Waals surface area contributed by atoms with Crippen molar-refractivity contribution in [3.05, 3.63) is 120 Å². The molecule has 4 aromatic rings. The number of hydrogen-bond acceptors (Lipinski definition) is 2. The highest BCUT2D eigenvalue weighted by molar-refractivity contribution is 5.86. The molecule has 0 heterocycles. The molecule has 0 bridgehead atoms. The Balaban J connectivity index is 1.97. The standard InChI is InChI=1S/C27H20N2/c28-18-25(21-10-3-1-4-11-21)27(26(19-29)22-12-5-2-6-13-22)24-17-9-15-20-14-7-8-16-23(20)24/h1-17,25-27H. The molecule has 0 radical (unpaired) electrons. The fraction of sp³-hybridized carbons (Fsp3) is 0.111. The number of hydrogen-bond donors (Lipinski definition) is 0. The van der Waals surface area contributed by atoms with Gasteiger partial charge in [-0.05, 0) is 27.5 Å². The Kier molecular flexibility index (Phi) is 5.37. The molecule has 0 N–H and O–H groups in total. The summed E-state index contributed by atoms with van der Waals surface area (Å²) in [6, 6.07) is 39.0. The molecule has 138 valence electrons. The van der Waals surface area contributed by atoms with E-state index in [2.05, 4.69) is 36.4 Å². The van der Waals surface area contributed by atoms with Crippen LogP contribution in [0.3, 0.4) is 0 Å². The van der Waals surface area contributed by atoms with Gasteiger partial charge in [-0.3, -0.25) is 0 Å². The second kappa shape index (κ2) is 8.42. The van der Waals surface area contributed by atoms with Gasteiger partial charge >= 0.3 is 0 Å². The van der Waals surface area contributed by atoms with Gasteiger partial charge in [0.25, 0.3) is 0 Å². The van der Waals surface area contributed by atoms with Crippen LogP contribution in [0.25, 0.3) is 10.8 Å². The van der Waals surface area contributed by atoms with E-state index < -0.39 is 11.8 Å². The average molecular weight is 372 g/mol. The average Bonchev–Trinajstić information content (AvgIpc) is 2.80. The van der Waals surface area contributed by atoms with E-state index in [0.717, 1.165) is 27.5 Å². The minimum absolute atomic E-state index is 0.291. The molecule has 0 amide bonds. The Labute approximate surface area is 171 Å². The fourth-order valence-corrected chi connectivity index (χ4v) is 4.14. The predicted molar refractivity (Wildman–Crippen MR) is 116 cm³/mol.